The number of hydrogen-bond donors (Lipinski definition) is 1. The lowest BCUT2D eigenvalue weighted by Gasteiger charge is -2.33. The molecule has 0 bridgehead atoms. The molecule has 0 amide bonds. The number of fused-ring (bicyclic) bond motifs is 6. The summed E-state index contributed by atoms with van der Waals surface area (Å²) in [7, 11) is 0. The summed E-state index contributed by atoms with van der Waals surface area (Å²) in [6, 6.07) is 185. The van der Waals surface area contributed by atoms with E-state index in [1.165, 1.54) is 47.2 Å². The molecule has 131 heavy (non-hydrogen) atoms. The van der Waals surface area contributed by atoms with E-state index in [4.69, 9.17) is 0 Å². The second-order valence-electron chi connectivity index (χ2n) is 31.8. The third-order valence-corrected chi connectivity index (χ3v) is 25.1. The Morgan fingerprint density at radius 1 is 0.198 bits per heavy atom. The van der Waals surface area contributed by atoms with Crippen LogP contribution >= 0.6 is 54.5 Å². The number of hydrogen-bond acceptors (Lipinski definition) is 6. The molecule has 0 aliphatic rings. The Hall–Kier alpha value is -15.5. The van der Waals surface area contributed by atoms with E-state index >= 15 is 0 Å². The number of halogens is 3. The van der Waals surface area contributed by atoms with Crippen LogP contribution in [-0.4, -0.2) is 9.13 Å². The standard InChI is InChI=1S/C60H43BrN4.C54H40N4.C6H4BrI/c61-45-21-20-32-51(40-45)64(58-35-18-16-33-55(58)44-37-38-60-57(39-44)56-34-17-19-36-59(56)65(60)50-30-14-5-15-31-50)54-42-52(62(46-22-6-1-7-23-46)47-24-8-2-9-25-47)41-53(43-54)63(48-26-10-3-11-27-48)49-28-12-4-13-29-49;1-6-20-42(21-7-1)56(43-22-8-2-9-23-43)47-37-41(38-48(39-47)57(44-24-10-3-11-25-44)45-26-12-4-13-27-45)55-52-32-18-16-30-49(52)40-34-35-54-51(36-40)50-31-17-19-33-53(50)58(54)46-28-14-5-15-29-46;7-5-2-1-3-6(8)4-5/h1-43H;1-39,55H;1-4H. The molecule has 22 aromatic rings. The molecule has 8 nitrogen and oxygen atoms in total. The molecule has 0 saturated carbocycles. The number of benzene rings is 20. The average molecular weight is 1930 g/mol. The number of para-hydroxylation sites is 14. The van der Waals surface area contributed by atoms with E-state index in [0.29, 0.717) is 0 Å². The summed E-state index contributed by atoms with van der Waals surface area (Å²) in [6.45, 7) is 0. The Kier molecular flexibility index (Phi) is 24.9. The quantitative estimate of drug-likeness (QED) is 0.0723. The summed E-state index contributed by atoms with van der Waals surface area (Å²) in [5.74, 6) is 0. The van der Waals surface area contributed by atoms with Gasteiger partial charge in [0.2, 0.25) is 0 Å². The van der Waals surface area contributed by atoms with Gasteiger partial charge in [0.25, 0.3) is 0 Å². The van der Waals surface area contributed by atoms with Crippen LogP contribution in [0.4, 0.5) is 96.7 Å². The topological polar surface area (TPSA) is 38.1 Å². The highest BCUT2D eigenvalue weighted by Gasteiger charge is 2.27. The normalized spacial score (nSPS) is 11.0. The van der Waals surface area contributed by atoms with Gasteiger partial charge < -0.3 is 39.0 Å². The Morgan fingerprint density at radius 3 is 0.855 bits per heavy atom. The van der Waals surface area contributed by atoms with Crippen molar-refractivity contribution in [3.8, 4) is 33.6 Å². The molecule has 0 saturated heterocycles. The highest BCUT2D eigenvalue weighted by molar-refractivity contribution is 14.1. The van der Waals surface area contributed by atoms with Gasteiger partial charge >= 0.3 is 0 Å². The number of rotatable bonds is 21. The fourth-order valence-corrected chi connectivity index (χ4v) is 19.5. The first-order chi connectivity index (χ1) is 64.7. The van der Waals surface area contributed by atoms with Crippen LogP contribution in [0.3, 0.4) is 0 Å². The van der Waals surface area contributed by atoms with Crippen LogP contribution in [0, 0.1) is 3.57 Å². The molecule has 0 fully saturated rings. The molecule has 2 aromatic heterocycles. The lowest BCUT2D eigenvalue weighted by Crippen LogP contribution is -2.16. The lowest BCUT2D eigenvalue weighted by molar-refractivity contribution is 1.18. The summed E-state index contributed by atoms with van der Waals surface area (Å²) in [5, 5.41) is 8.80. The summed E-state index contributed by atoms with van der Waals surface area (Å²) < 4.78 is 8.13. The molecular formula is C120H87Br2IN8. The predicted molar refractivity (Wildman–Crippen MR) is 570 cm³/mol. The smallest absolute Gasteiger partial charge is 0.0541 e. The average Bonchev–Trinajstić information content (AvgIpc) is 1.61. The Morgan fingerprint density at radius 2 is 0.489 bits per heavy atom. The Bertz CT molecular complexity index is 7290. The molecular weight excluding hydrogens is 1840 g/mol. The van der Waals surface area contributed by atoms with Gasteiger partial charge in [0.1, 0.15) is 0 Å². The molecule has 11 heteroatoms. The first kappa shape index (κ1) is 83.7. The zero-order chi connectivity index (χ0) is 88.2. The summed E-state index contributed by atoms with van der Waals surface area (Å²) >= 11 is 9.50. The van der Waals surface area contributed by atoms with Crippen molar-refractivity contribution in [3.05, 3.63) is 534 Å². The molecule has 0 aliphatic carbocycles. The van der Waals surface area contributed by atoms with E-state index in [-0.39, 0.29) is 0 Å². The largest absolute Gasteiger partial charge is 0.355 e. The van der Waals surface area contributed by atoms with Gasteiger partial charge in [-0.25, -0.2) is 0 Å². The minimum Gasteiger partial charge on any atom is -0.355 e. The maximum atomic E-state index is 3.93. The van der Waals surface area contributed by atoms with E-state index in [1.807, 2.05) is 12.1 Å². The predicted octanol–water partition coefficient (Wildman–Crippen LogP) is 35.8. The molecule has 2 heterocycles. The number of aromatic nitrogens is 2. The Labute approximate surface area is 794 Å². The van der Waals surface area contributed by atoms with Crippen molar-refractivity contribution in [2.75, 3.05) is 29.8 Å². The summed E-state index contributed by atoms with van der Waals surface area (Å²) in [5.41, 5.74) is 29.2. The third-order valence-electron chi connectivity index (χ3n) is 23.4. The minimum atomic E-state index is 0.968. The Balaban J connectivity index is 0.000000151. The van der Waals surface area contributed by atoms with Crippen molar-refractivity contribution >= 4 is 195 Å². The number of anilines is 17. The van der Waals surface area contributed by atoms with Crippen LogP contribution in [0.2, 0.25) is 0 Å². The van der Waals surface area contributed by atoms with Crippen molar-refractivity contribution in [1.82, 2.24) is 9.13 Å². The monoisotopic (exact) mass is 1920 g/mol. The zero-order valence-corrected chi connectivity index (χ0v) is 76.7. The molecule has 1 N–H and O–H groups in total. The zero-order valence-electron chi connectivity index (χ0n) is 71.4. The van der Waals surface area contributed by atoms with Crippen LogP contribution < -0.4 is 29.8 Å². The summed E-state index contributed by atoms with van der Waals surface area (Å²) in [6.07, 6.45) is 0. The summed E-state index contributed by atoms with van der Waals surface area (Å²) in [4.78, 5) is 11.8. The minimum absolute atomic E-state index is 0.968. The van der Waals surface area contributed by atoms with Gasteiger partial charge in [0, 0.05) is 119 Å². The van der Waals surface area contributed by atoms with Crippen molar-refractivity contribution < 1.29 is 0 Å². The maximum Gasteiger partial charge on any atom is 0.0541 e. The SMILES string of the molecule is Brc1cccc(I)c1.Brc1cccc(N(c2cc(N(c3ccccc3)c3ccccc3)cc(N(c3ccccc3)c3ccccc3)c2)c2ccccc2-c2ccc3c(c2)c2ccccc2n3-c2ccccc2)c1.c1ccc(N(c2ccccc2)c2cc(Nc3ccccc3-c3ccc4c(c3)c3ccccc3n4-c3ccccc3)cc(N(c3ccccc3)c3ccccc3)c2)cc1. The van der Waals surface area contributed by atoms with Gasteiger partial charge in [0.15, 0.2) is 0 Å². The van der Waals surface area contributed by atoms with Crippen molar-refractivity contribution in [1.29, 1.82) is 0 Å². The second kappa shape index (κ2) is 39.0. The van der Waals surface area contributed by atoms with Crippen LogP contribution in [-0.2, 0) is 0 Å². The first-order valence-electron chi connectivity index (χ1n) is 43.8. The maximum absolute atomic E-state index is 3.93. The molecule has 20 aromatic carbocycles. The molecule has 0 unspecified atom stereocenters. The fourth-order valence-electron chi connectivity index (χ4n) is 17.7. The van der Waals surface area contributed by atoms with Gasteiger partial charge in [-0.3, -0.25) is 0 Å². The molecule has 0 atom stereocenters. The van der Waals surface area contributed by atoms with Gasteiger partial charge in [-0.1, -0.05) is 311 Å². The van der Waals surface area contributed by atoms with Gasteiger partial charge in [-0.05, 0) is 276 Å². The van der Waals surface area contributed by atoms with Crippen molar-refractivity contribution in [2.24, 2.45) is 0 Å². The van der Waals surface area contributed by atoms with E-state index < -0.39 is 0 Å². The first-order valence-corrected chi connectivity index (χ1v) is 46.4. The van der Waals surface area contributed by atoms with Crippen LogP contribution in [0.25, 0.3) is 77.2 Å². The number of nitrogens with zero attached hydrogens (tertiary/aromatic N) is 7. The van der Waals surface area contributed by atoms with Crippen LogP contribution in [0.5, 0.6) is 0 Å². The lowest BCUT2D eigenvalue weighted by atomic mass is 9.99. The van der Waals surface area contributed by atoms with Gasteiger partial charge in [-0.2, -0.15) is 0 Å². The molecule has 22 rings (SSSR count). The molecule has 0 radical (unpaired) electrons. The highest BCUT2D eigenvalue weighted by atomic mass is 127. The van der Waals surface area contributed by atoms with E-state index in [0.717, 1.165) is 139 Å². The molecule has 0 spiro atoms. The van der Waals surface area contributed by atoms with Crippen molar-refractivity contribution in [3.63, 3.8) is 0 Å². The van der Waals surface area contributed by atoms with Gasteiger partial charge in [-0.15, -0.1) is 0 Å². The van der Waals surface area contributed by atoms with E-state index in [9.17, 15) is 0 Å². The van der Waals surface area contributed by atoms with E-state index in [2.05, 4.69) is 603 Å². The van der Waals surface area contributed by atoms with Crippen LogP contribution in [0.15, 0.2) is 531 Å². The highest BCUT2D eigenvalue weighted by Crippen LogP contribution is 2.51. The third kappa shape index (κ3) is 18.2. The second-order valence-corrected chi connectivity index (χ2v) is 34.8. The molecule has 628 valence electrons. The number of nitrogens with one attached hydrogen (secondary N) is 1. The van der Waals surface area contributed by atoms with E-state index in [1.54, 1.807) is 0 Å². The fraction of sp³-hybridized carbons (Fsp3) is 0. The van der Waals surface area contributed by atoms with Crippen LogP contribution in [0.1, 0.15) is 0 Å². The van der Waals surface area contributed by atoms with Crippen molar-refractivity contribution in [2.45, 2.75) is 0 Å². The van der Waals surface area contributed by atoms with Gasteiger partial charge in [0.05, 0.1) is 56.2 Å². The molecule has 0 aliphatic heterocycles.